The van der Waals surface area contributed by atoms with Crippen LogP contribution in [0.4, 0.5) is 4.79 Å². The molecular formula is C15H27N3O2. The summed E-state index contributed by atoms with van der Waals surface area (Å²) in [4.78, 5) is 18.1. The molecule has 0 radical (unpaired) electrons. The molecule has 0 saturated heterocycles. The minimum Gasteiger partial charge on any atom is -0.444 e. The topological polar surface area (TPSA) is 47.4 Å². The largest absolute Gasteiger partial charge is 0.444 e. The van der Waals surface area contributed by atoms with Gasteiger partial charge >= 0.3 is 6.09 Å². The van der Waals surface area contributed by atoms with Crippen LogP contribution >= 0.6 is 0 Å². The zero-order valence-corrected chi connectivity index (χ0v) is 13.6. The summed E-state index contributed by atoms with van der Waals surface area (Å²) >= 11 is 0. The van der Waals surface area contributed by atoms with Crippen LogP contribution in [0.15, 0.2) is 6.33 Å². The van der Waals surface area contributed by atoms with E-state index in [1.165, 1.54) is 0 Å². The molecule has 1 aromatic rings. The zero-order chi connectivity index (χ0) is 15.3. The zero-order valence-electron chi connectivity index (χ0n) is 13.6. The highest BCUT2D eigenvalue weighted by Crippen LogP contribution is 2.19. The van der Waals surface area contributed by atoms with Gasteiger partial charge in [0.2, 0.25) is 0 Å². The quantitative estimate of drug-likeness (QED) is 0.794. The first-order valence-corrected chi connectivity index (χ1v) is 7.41. The van der Waals surface area contributed by atoms with E-state index in [1.807, 2.05) is 40.9 Å². The van der Waals surface area contributed by atoms with Gasteiger partial charge in [0.1, 0.15) is 5.60 Å². The Labute approximate surface area is 121 Å². The molecule has 2 heterocycles. The monoisotopic (exact) mass is 281 g/mol. The van der Waals surface area contributed by atoms with Gasteiger partial charge in [-0.3, -0.25) is 0 Å². The number of amides is 1. The van der Waals surface area contributed by atoms with Crippen molar-refractivity contribution in [1.29, 1.82) is 0 Å². The number of nitrogens with zero attached hydrogens (tertiary/aromatic N) is 3. The molecule has 1 aliphatic heterocycles. The maximum absolute atomic E-state index is 12.0. The summed E-state index contributed by atoms with van der Waals surface area (Å²) in [5.41, 5.74) is 1.76. The molecule has 0 aliphatic carbocycles. The molecule has 0 saturated carbocycles. The number of carbonyl (C=O) groups excluding carboxylic acids is 1. The molecule has 1 amide bonds. The summed E-state index contributed by atoms with van der Waals surface area (Å²) in [5.74, 6) is 0. The molecule has 5 nitrogen and oxygen atoms in total. The summed E-state index contributed by atoms with van der Waals surface area (Å²) in [6, 6.07) is 0. The van der Waals surface area contributed by atoms with E-state index in [-0.39, 0.29) is 6.09 Å². The molecule has 0 atom stereocenters. The summed E-state index contributed by atoms with van der Waals surface area (Å²) in [7, 11) is 0. The van der Waals surface area contributed by atoms with Gasteiger partial charge in [-0.1, -0.05) is 20.8 Å². The highest BCUT2D eigenvalue weighted by Gasteiger charge is 2.27. The lowest BCUT2D eigenvalue weighted by Gasteiger charge is -2.31. The van der Waals surface area contributed by atoms with Crippen LogP contribution in [0, 0.1) is 0 Å². The third-order valence-corrected chi connectivity index (χ3v) is 2.97. The van der Waals surface area contributed by atoms with E-state index >= 15 is 0 Å². The molecule has 0 bridgehead atoms. The number of hydrogen-bond donors (Lipinski definition) is 0. The van der Waals surface area contributed by atoms with Gasteiger partial charge in [0.05, 0.1) is 24.3 Å². The summed E-state index contributed by atoms with van der Waals surface area (Å²) in [5, 5.41) is 0. The lowest BCUT2D eigenvalue weighted by molar-refractivity contribution is 0.0198. The molecule has 1 aliphatic rings. The van der Waals surface area contributed by atoms with E-state index < -0.39 is 5.60 Å². The minimum absolute atomic E-state index is 0.239. The predicted molar refractivity (Wildman–Crippen MR) is 79.6 cm³/mol. The van der Waals surface area contributed by atoms with Crippen molar-refractivity contribution in [3.05, 3.63) is 17.7 Å². The molecule has 0 fully saturated rings. The lowest BCUT2D eigenvalue weighted by Crippen LogP contribution is -2.41. The molecule has 0 N–H and O–H groups in total. The number of carbonyl (C=O) groups is 1. The third kappa shape index (κ3) is 3.99. The van der Waals surface area contributed by atoms with Crippen LogP contribution in [-0.4, -0.2) is 32.7 Å². The van der Waals surface area contributed by atoms with Crippen LogP contribution in [0.5, 0.6) is 0 Å². The highest BCUT2D eigenvalue weighted by atomic mass is 16.6. The second-order valence-electron chi connectivity index (χ2n) is 5.59. The Kier molecular flexibility index (Phi) is 5.60. The van der Waals surface area contributed by atoms with Gasteiger partial charge in [0, 0.05) is 13.1 Å². The molecule has 0 aromatic carbocycles. The minimum atomic E-state index is -0.442. The molecule has 2 rings (SSSR count). The number of imidazole rings is 1. The SMILES string of the molecule is CC.CCc1ncn2c1CN(C(=O)OC(C)(C)C)CC2. The van der Waals surface area contributed by atoms with Gasteiger partial charge in [0.15, 0.2) is 0 Å². The standard InChI is InChI=1S/C13H21N3O2.C2H6/c1-5-10-11-8-15(6-7-16(11)9-14-10)12(17)18-13(2,3)4;1-2/h9H,5-8H2,1-4H3;1-2H3. The fraction of sp³-hybridized carbons (Fsp3) is 0.733. The van der Waals surface area contributed by atoms with Gasteiger partial charge in [0.25, 0.3) is 0 Å². The Morgan fingerprint density at radius 1 is 1.35 bits per heavy atom. The first-order chi connectivity index (χ1) is 9.40. The molecule has 0 unspecified atom stereocenters. The van der Waals surface area contributed by atoms with Crippen molar-refractivity contribution in [3.8, 4) is 0 Å². The number of rotatable bonds is 1. The van der Waals surface area contributed by atoms with E-state index in [0.29, 0.717) is 13.1 Å². The second kappa shape index (κ2) is 6.77. The van der Waals surface area contributed by atoms with Gasteiger partial charge in [-0.05, 0) is 27.2 Å². The average molecular weight is 281 g/mol. The molecule has 20 heavy (non-hydrogen) atoms. The first kappa shape index (κ1) is 16.5. The second-order valence-corrected chi connectivity index (χ2v) is 5.59. The van der Waals surface area contributed by atoms with Crippen molar-refractivity contribution in [2.24, 2.45) is 0 Å². The van der Waals surface area contributed by atoms with Crippen LogP contribution in [0.2, 0.25) is 0 Å². The number of fused-ring (bicyclic) bond motifs is 1. The maximum atomic E-state index is 12.0. The van der Waals surface area contributed by atoms with Crippen LogP contribution < -0.4 is 0 Å². The van der Waals surface area contributed by atoms with E-state index in [9.17, 15) is 4.79 Å². The van der Waals surface area contributed by atoms with Gasteiger partial charge in [-0.15, -0.1) is 0 Å². The maximum Gasteiger partial charge on any atom is 0.410 e. The smallest absolute Gasteiger partial charge is 0.410 e. The van der Waals surface area contributed by atoms with Crippen molar-refractivity contribution in [1.82, 2.24) is 14.5 Å². The summed E-state index contributed by atoms with van der Waals surface area (Å²) < 4.78 is 7.52. The highest BCUT2D eigenvalue weighted by molar-refractivity contribution is 5.68. The van der Waals surface area contributed by atoms with Crippen LogP contribution in [-0.2, 0) is 24.2 Å². The summed E-state index contributed by atoms with van der Waals surface area (Å²) in [6.45, 7) is 13.8. The molecule has 5 heteroatoms. The number of hydrogen-bond acceptors (Lipinski definition) is 3. The molecule has 114 valence electrons. The van der Waals surface area contributed by atoms with Crippen LogP contribution in [0.3, 0.4) is 0 Å². The van der Waals surface area contributed by atoms with Crippen molar-refractivity contribution in [2.75, 3.05) is 6.54 Å². The Morgan fingerprint density at radius 3 is 2.55 bits per heavy atom. The third-order valence-electron chi connectivity index (χ3n) is 2.97. The number of aryl methyl sites for hydroxylation is 1. The van der Waals surface area contributed by atoms with E-state index in [0.717, 1.165) is 24.4 Å². The normalized spacial score (nSPS) is 14.2. The predicted octanol–water partition coefficient (Wildman–Crippen LogP) is 3.22. The Balaban J connectivity index is 0.000000956. The van der Waals surface area contributed by atoms with Crippen LogP contribution in [0.25, 0.3) is 0 Å². The van der Waals surface area contributed by atoms with Crippen molar-refractivity contribution in [2.45, 2.75) is 66.7 Å². The van der Waals surface area contributed by atoms with Crippen molar-refractivity contribution in [3.63, 3.8) is 0 Å². The fourth-order valence-electron chi connectivity index (χ4n) is 2.09. The van der Waals surface area contributed by atoms with Gasteiger partial charge < -0.3 is 14.2 Å². The fourth-order valence-corrected chi connectivity index (χ4v) is 2.09. The number of ether oxygens (including phenoxy) is 1. The van der Waals surface area contributed by atoms with E-state index in [2.05, 4.69) is 16.5 Å². The van der Waals surface area contributed by atoms with Gasteiger partial charge in [-0.25, -0.2) is 9.78 Å². The number of aromatic nitrogens is 2. The Hall–Kier alpha value is -1.52. The van der Waals surface area contributed by atoms with Gasteiger partial charge in [-0.2, -0.15) is 0 Å². The van der Waals surface area contributed by atoms with Crippen molar-refractivity contribution >= 4 is 6.09 Å². The van der Waals surface area contributed by atoms with Crippen LogP contribution in [0.1, 0.15) is 52.9 Å². The first-order valence-electron chi connectivity index (χ1n) is 7.41. The van der Waals surface area contributed by atoms with E-state index in [1.54, 1.807) is 4.90 Å². The average Bonchev–Trinajstić information content (AvgIpc) is 2.81. The Morgan fingerprint density at radius 2 is 2.00 bits per heavy atom. The molecule has 1 aromatic heterocycles. The molecular weight excluding hydrogens is 254 g/mol. The molecule has 0 spiro atoms. The van der Waals surface area contributed by atoms with E-state index in [4.69, 9.17) is 4.74 Å². The Bertz CT molecular complexity index is 433. The summed E-state index contributed by atoms with van der Waals surface area (Å²) in [6.07, 6.45) is 2.52. The lowest BCUT2D eigenvalue weighted by atomic mass is 10.2. The van der Waals surface area contributed by atoms with Crippen molar-refractivity contribution < 1.29 is 9.53 Å².